The molecule has 0 aliphatic rings. The number of aromatic nitrogens is 1. The number of nitrogens with one attached hydrogen (secondary N) is 2. The van der Waals surface area contributed by atoms with Gasteiger partial charge < -0.3 is 20.3 Å². The fourth-order valence-electron chi connectivity index (χ4n) is 2.49. The smallest absolute Gasteiger partial charge is 0.383 e. The molecule has 8 nitrogen and oxygen atoms in total. The van der Waals surface area contributed by atoms with E-state index in [4.69, 9.17) is 4.74 Å². The minimum Gasteiger partial charge on any atom is -0.383 e. The molecule has 0 saturated carbocycles. The molecule has 0 atom stereocenters. The lowest BCUT2D eigenvalue weighted by atomic mass is 10.1. The first-order chi connectivity index (χ1) is 14.7. The van der Waals surface area contributed by atoms with Crippen molar-refractivity contribution < 1.29 is 32.3 Å². The molecule has 2 rings (SSSR count). The molecule has 2 N–H and O–H groups in total. The number of carbonyl (C=O) groups is 3. The number of ether oxygens (including phenoxy) is 1. The van der Waals surface area contributed by atoms with Crippen molar-refractivity contribution in [2.75, 3.05) is 37.0 Å². The summed E-state index contributed by atoms with van der Waals surface area (Å²) >= 11 is 1.20. The summed E-state index contributed by atoms with van der Waals surface area (Å²) in [7, 11) is 1.45. The van der Waals surface area contributed by atoms with Gasteiger partial charge in [-0.15, -0.1) is 11.3 Å². The number of rotatable bonds is 10. The molecular weight excluding hydrogens is 437 g/mol. The molecule has 0 bridgehead atoms. The van der Waals surface area contributed by atoms with Crippen molar-refractivity contribution in [1.29, 1.82) is 0 Å². The van der Waals surface area contributed by atoms with Crippen LogP contribution in [0, 0.1) is 0 Å². The van der Waals surface area contributed by atoms with Crippen molar-refractivity contribution >= 4 is 39.9 Å². The van der Waals surface area contributed by atoms with Gasteiger partial charge in [-0.05, 0) is 18.2 Å². The second-order valence-electron chi connectivity index (χ2n) is 6.26. The Morgan fingerprint density at radius 2 is 1.97 bits per heavy atom. The number of anilines is 2. The van der Waals surface area contributed by atoms with E-state index >= 15 is 0 Å². The Morgan fingerprint density at radius 3 is 2.61 bits per heavy atom. The highest BCUT2D eigenvalue weighted by atomic mass is 32.1. The predicted molar refractivity (Wildman–Crippen MR) is 109 cm³/mol. The summed E-state index contributed by atoms with van der Waals surface area (Å²) in [4.78, 5) is 41.7. The van der Waals surface area contributed by atoms with E-state index in [1.807, 2.05) is 0 Å². The Hall–Kier alpha value is -2.99. The van der Waals surface area contributed by atoms with Crippen LogP contribution in [0.5, 0.6) is 0 Å². The minimum absolute atomic E-state index is 0.0953. The van der Waals surface area contributed by atoms with Crippen molar-refractivity contribution in [1.82, 2.24) is 10.3 Å². The second kappa shape index (κ2) is 11.4. The third-order valence-corrected chi connectivity index (χ3v) is 4.65. The number of hydrogen-bond donors (Lipinski definition) is 2. The Bertz CT molecular complexity index is 891. The lowest BCUT2D eigenvalue weighted by Crippen LogP contribution is -2.42. The number of alkyl halides is 3. The van der Waals surface area contributed by atoms with E-state index in [1.54, 1.807) is 5.38 Å². The zero-order chi connectivity index (χ0) is 22.9. The molecule has 0 spiro atoms. The van der Waals surface area contributed by atoms with Crippen LogP contribution in [-0.2, 0) is 25.3 Å². The molecule has 0 aliphatic heterocycles. The van der Waals surface area contributed by atoms with Gasteiger partial charge in [0.1, 0.15) is 6.54 Å². The highest BCUT2D eigenvalue weighted by Gasteiger charge is 2.31. The number of methoxy groups -OCH3 is 1. The molecule has 0 aliphatic carbocycles. The first-order valence-corrected chi connectivity index (χ1v) is 10.0. The number of halogens is 3. The van der Waals surface area contributed by atoms with Gasteiger partial charge in [0.25, 0.3) is 0 Å². The van der Waals surface area contributed by atoms with Crippen LogP contribution >= 0.6 is 11.3 Å². The maximum atomic E-state index is 13.1. The maximum absolute atomic E-state index is 13.1. The highest BCUT2D eigenvalue weighted by molar-refractivity contribution is 7.13. The first-order valence-electron chi connectivity index (χ1n) is 9.13. The standard InChI is InChI=1S/C19H21F3N4O4S/c1-30-9-7-23-16(28)12-26(14-4-2-3-13(11-14)19(20,21)22)17(29)6-5-15(27)25-18-24-8-10-31-18/h2-4,8,10-11H,5-7,9,12H2,1H3,(H,23,28)(H,24,25,27). The van der Waals surface area contributed by atoms with E-state index in [2.05, 4.69) is 15.6 Å². The molecule has 1 aromatic carbocycles. The molecule has 3 amide bonds. The van der Waals surface area contributed by atoms with Crippen molar-refractivity contribution in [2.24, 2.45) is 0 Å². The van der Waals surface area contributed by atoms with Crippen LogP contribution in [-0.4, -0.2) is 49.5 Å². The molecule has 31 heavy (non-hydrogen) atoms. The SMILES string of the molecule is COCCNC(=O)CN(C(=O)CCC(=O)Nc1nccs1)c1cccc(C(F)(F)F)c1. The topological polar surface area (TPSA) is 101 Å². The van der Waals surface area contributed by atoms with Gasteiger partial charge in [0.2, 0.25) is 17.7 Å². The van der Waals surface area contributed by atoms with Crippen molar-refractivity contribution in [3.8, 4) is 0 Å². The van der Waals surface area contributed by atoms with Gasteiger partial charge in [-0.1, -0.05) is 6.07 Å². The summed E-state index contributed by atoms with van der Waals surface area (Å²) in [6.45, 7) is -0.0890. The summed E-state index contributed by atoms with van der Waals surface area (Å²) in [5.41, 5.74) is -1.05. The Balaban J connectivity index is 2.11. The molecule has 1 heterocycles. The number of amides is 3. The largest absolute Gasteiger partial charge is 0.416 e. The van der Waals surface area contributed by atoms with Gasteiger partial charge in [0.15, 0.2) is 5.13 Å². The van der Waals surface area contributed by atoms with Gasteiger partial charge in [0.05, 0.1) is 12.2 Å². The molecule has 1 aromatic heterocycles. The average molecular weight is 458 g/mol. The predicted octanol–water partition coefficient (Wildman–Crippen LogP) is 2.68. The summed E-state index contributed by atoms with van der Waals surface area (Å²) in [5, 5.41) is 7.06. The van der Waals surface area contributed by atoms with Crippen LogP contribution in [0.4, 0.5) is 24.0 Å². The van der Waals surface area contributed by atoms with E-state index in [9.17, 15) is 27.6 Å². The van der Waals surface area contributed by atoms with Crippen LogP contribution in [0.3, 0.4) is 0 Å². The van der Waals surface area contributed by atoms with Crippen LogP contribution < -0.4 is 15.5 Å². The van der Waals surface area contributed by atoms with E-state index in [1.165, 1.54) is 30.7 Å². The van der Waals surface area contributed by atoms with Crippen molar-refractivity contribution in [3.63, 3.8) is 0 Å². The maximum Gasteiger partial charge on any atom is 0.416 e. The summed E-state index contributed by atoms with van der Waals surface area (Å²) in [6.07, 6.45) is -3.64. The van der Waals surface area contributed by atoms with Crippen molar-refractivity contribution in [2.45, 2.75) is 19.0 Å². The monoisotopic (exact) mass is 458 g/mol. The summed E-state index contributed by atoms with van der Waals surface area (Å²) in [5.74, 6) is -1.72. The third-order valence-electron chi connectivity index (χ3n) is 3.96. The molecule has 12 heteroatoms. The molecule has 0 radical (unpaired) electrons. The normalized spacial score (nSPS) is 11.1. The number of nitrogens with zero attached hydrogens (tertiary/aromatic N) is 2. The Morgan fingerprint density at radius 1 is 1.19 bits per heavy atom. The summed E-state index contributed by atoms with van der Waals surface area (Å²) in [6, 6.07) is 4.10. The molecule has 0 saturated heterocycles. The highest BCUT2D eigenvalue weighted by Crippen LogP contribution is 2.31. The van der Waals surface area contributed by atoms with E-state index in [0.29, 0.717) is 5.13 Å². The van der Waals surface area contributed by atoms with Crippen LogP contribution in [0.2, 0.25) is 0 Å². The second-order valence-corrected chi connectivity index (χ2v) is 7.15. The van der Waals surface area contributed by atoms with E-state index in [0.717, 1.165) is 23.1 Å². The summed E-state index contributed by atoms with van der Waals surface area (Å²) < 4.78 is 44.1. The molecule has 0 fully saturated rings. The molecule has 0 unspecified atom stereocenters. The van der Waals surface area contributed by atoms with Gasteiger partial charge in [0, 0.05) is 43.8 Å². The van der Waals surface area contributed by atoms with Gasteiger partial charge >= 0.3 is 6.18 Å². The fraction of sp³-hybridized carbons (Fsp3) is 0.368. The fourth-order valence-corrected chi connectivity index (χ4v) is 3.03. The number of thiazole rings is 1. The number of carbonyl (C=O) groups excluding carboxylic acids is 3. The van der Waals surface area contributed by atoms with Crippen LogP contribution in [0.15, 0.2) is 35.8 Å². The van der Waals surface area contributed by atoms with E-state index < -0.39 is 36.0 Å². The number of benzene rings is 1. The average Bonchev–Trinajstić information content (AvgIpc) is 3.23. The zero-order valence-electron chi connectivity index (χ0n) is 16.6. The van der Waals surface area contributed by atoms with E-state index in [-0.39, 0.29) is 31.7 Å². The lowest BCUT2D eigenvalue weighted by Gasteiger charge is -2.23. The minimum atomic E-state index is -4.61. The first kappa shape index (κ1) is 24.3. The van der Waals surface area contributed by atoms with Crippen molar-refractivity contribution in [3.05, 3.63) is 41.4 Å². The molecule has 168 valence electrons. The van der Waals surface area contributed by atoms with Crippen LogP contribution in [0.1, 0.15) is 18.4 Å². The number of hydrogen-bond acceptors (Lipinski definition) is 6. The zero-order valence-corrected chi connectivity index (χ0v) is 17.4. The Kier molecular flexibility index (Phi) is 8.94. The third kappa shape index (κ3) is 7.98. The van der Waals surface area contributed by atoms with Gasteiger partial charge in [-0.25, -0.2) is 4.98 Å². The Labute approximate surface area is 180 Å². The van der Waals surface area contributed by atoms with Gasteiger partial charge in [-0.3, -0.25) is 14.4 Å². The van der Waals surface area contributed by atoms with Crippen LogP contribution in [0.25, 0.3) is 0 Å². The molecular formula is C19H21F3N4O4S. The van der Waals surface area contributed by atoms with Gasteiger partial charge in [-0.2, -0.15) is 13.2 Å². The molecule has 2 aromatic rings. The lowest BCUT2D eigenvalue weighted by molar-refractivity contribution is -0.137. The quantitative estimate of drug-likeness (QED) is 0.533.